The fourth-order valence-electron chi connectivity index (χ4n) is 2.75. The van der Waals surface area contributed by atoms with Gasteiger partial charge in [-0.1, -0.05) is 19.3 Å². The maximum absolute atomic E-state index is 12.1. The predicted octanol–water partition coefficient (Wildman–Crippen LogP) is 2.86. The Labute approximate surface area is 135 Å². The van der Waals surface area contributed by atoms with E-state index in [1.807, 2.05) is 0 Å². The summed E-state index contributed by atoms with van der Waals surface area (Å²) >= 11 is 0. The largest absolute Gasteiger partial charge is 0.493 e. The van der Waals surface area contributed by atoms with Crippen LogP contribution in [0.3, 0.4) is 0 Å². The van der Waals surface area contributed by atoms with Crippen molar-refractivity contribution in [3.8, 4) is 11.5 Å². The van der Waals surface area contributed by atoms with Gasteiger partial charge in [-0.3, -0.25) is 0 Å². The van der Waals surface area contributed by atoms with E-state index in [-0.39, 0.29) is 17.3 Å². The number of carbonyl (C=O) groups is 2. The number of carboxylic acid groups (broad SMARTS) is 1. The van der Waals surface area contributed by atoms with Crippen LogP contribution in [0, 0.1) is 0 Å². The molecule has 7 nitrogen and oxygen atoms in total. The Hall–Kier alpha value is -2.44. The average Bonchev–Trinajstić information content (AvgIpc) is 2.54. The molecule has 1 aromatic carbocycles. The molecule has 0 aromatic heterocycles. The first kappa shape index (κ1) is 16.9. The lowest BCUT2D eigenvalue weighted by Crippen LogP contribution is -2.39. The third-order valence-corrected chi connectivity index (χ3v) is 3.94. The molecule has 2 rings (SSSR count). The number of ether oxygens (including phenoxy) is 2. The molecule has 2 amide bonds. The van der Waals surface area contributed by atoms with E-state index in [2.05, 4.69) is 10.6 Å². The highest BCUT2D eigenvalue weighted by molar-refractivity contribution is 6.01. The molecule has 0 aliphatic heterocycles. The third-order valence-electron chi connectivity index (χ3n) is 3.94. The van der Waals surface area contributed by atoms with E-state index in [1.165, 1.54) is 32.8 Å². The zero-order valence-electron chi connectivity index (χ0n) is 13.3. The van der Waals surface area contributed by atoms with Crippen molar-refractivity contribution in [2.24, 2.45) is 0 Å². The Kier molecular flexibility index (Phi) is 5.67. The molecule has 0 heterocycles. The van der Waals surface area contributed by atoms with Crippen molar-refractivity contribution in [3.63, 3.8) is 0 Å². The topological polar surface area (TPSA) is 96.9 Å². The lowest BCUT2D eigenvalue weighted by Gasteiger charge is -2.23. The maximum Gasteiger partial charge on any atom is 0.337 e. The van der Waals surface area contributed by atoms with Crippen molar-refractivity contribution in [1.82, 2.24) is 5.32 Å². The van der Waals surface area contributed by atoms with Crippen molar-refractivity contribution in [2.75, 3.05) is 19.5 Å². The Bertz CT molecular complexity index is 582. The van der Waals surface area contributed by atoms with Gasteiger partial charge in [0.15, 0.2) is 11.5 Å². The highest BCUT2D eigenvalue weighted by atomic mass is 16.5. The third kappa shape index (κ3) is 4.28. The molecule has 0 unspecified atom stereocenters. The Morgan fingerprint density at radius 2 is 1.70 bits per heavy atom. The Balaban J connectivity index is 2.16. The summed E-state index contributed by atoms with van der Waals surface area (Å²) in [6.45, 7) is 0. The maximum atomic E-state index is 12.1. The molecule has 0 radical (unpaired) electrons. The first-order valence-corrected chi connectivity index (χ1v) is 7.62. The van der Waals surface area contributed by atoms with Crippen molar-refractivity contribution in [3.05, 3.63) is 17.7 Å². The Morgan fingerprint density at radius 1 is 1.09 bits per heavy atom. The summed E-state index contributed by atoms with van der Waals surface area (Å²) in [4.78, 5) is 23.5. The summed E-state index contributed by atoms with van der Waals surface area (Å²) in [5.74, 6) is -0.507. The smallest absolute Gasteiger partial charge is 0.337 e. The lowest BCUT2D eigenvalue weighted by molar-refractivity contribution is 0.0697. The van der Waals surface area contributed by atoms with Gasteiger partial charge in [-0.05, 0) is 12.8 Å². The van der Waals surface area contributed by atoms with Gasteiger partial charge in [-0.25, -0.2) is 9.59 Å². The minimum Gasteiger partial charge on any atom is -0.493 e. The van der Waals surface area contributed by atoms with Crippen molar-refractivity contribution < 1.29 is 24.2 Å². The van der Waals surface area contributed by atoms with E-state index >= 15 is 0 Å². The molecule has 1 fully saturated rings. The normalized spacial score (nSPS) is 14.9. The van der Waals surface area contributed by atoms with E-state index in [0.29, 0.717) is 11.5 Å². The molecule has 0 bridgehead atoms. The van der Waals surface area contributed by atoms with Gasteiger partial charge in [0.25, 0.3) is 0 Å². The van der Waals surface area contributed by atoms with Gasteiger partial charge in [-0.2, -0.15) is 0 Å². The van der Waals surface area contributed by atoms with Crippen molar-refractivity contribution in [2.45, 2.75) is 38.1 Å². The SMILES string of the molecule is COc1cc(NC(=O)NC2CCCCC2)c(C(=O)O)cc1OC. The van der Waals surface area contributed by atoms with Crippen LogP contribution in [0.15, 0.2) is 12.1 Å². The number of aromatic carboxylic acids is 1. The fourth-order valence-corrected chi connectivity index (χ4v) is 2.75. The fraction of sp³-hybridized carbons (Fsp3) is 0.500. The Morgan fingerprint density at radius 3 is 2.26 bits per heavy atom. The molecule has 1 aromatic rings. The van der Waals surface area contributed by atoms with Crippen LogP contribution in [-0.4, -0.2) is 37.4 Å². The van der Waals surface area contributed by atoms with Crippen LogP contribution in [0.1, 0.15) is 42.5 Å². The molecular weight excluding hydrogens is 300 g/mol. The van der Waals surface area contributed by atoms with Gasteiger partial charge in [0.1, 0.15) is 0 Å². The van der Waals surface area contributed by atoms with Crippen LogP contribution < -0.4 is 20.1 Å². The van der Waals surface area contributed by atoms with E-state index in [9.17, 15) is 14.7 Å². The number of benzene rings is 1. The minimum absolute atomic E-state index is 0.0542. The van der Waals surface area contributed by atoms with Gasteiger partial charge < -0.3 is 25.2 Å². The number of methoxy groups -OCH3 is 2. The number of rotatable bonds is 5. The second kappa shape index (κ2) is 7.71. The molecule has 23 heavy (non-hydrogen) atoms. The molecule has 3 N–H and O–H groups in total. The summed E-state index contributed by atoms with van der Waals surface area (Å²) in [5, 5.41) is 14.8. The molecular formula is C16H22N2O5. The first-order chi connectivity index (χ1) is 11.0. The minimum atomic E-state index is -1.15. The zero-order valence-corrected chi connectivity index (χ0v) is 13.3. The highest BCUT2D eigenvalue weighted by Gasteiger charge is 2.20. The van der Waals surface area contributed by atoms with Gasteiger partial charge in [0, 0.05) is 18.2 Å². The summed E-state index contributed by atoms with van der Waals surface area (Å²) in [5.41, 5.74) is 0.116. The number of carbonyl (C=O) groups excluding carboxylic acids is 1. The van der Waals surface area contributed by atoms with Crippen molar-refractivity contribution >= 4 is 17.7 Å². The molecule has 1 aliphatic carbocycles. The van der Waals surface area contributed by atoms with Gasteiger partial charge in [0.2, 0.25) is 0 Å². The lowest BCUT2D eigenvalue weighted by atomic mass is 9.96. The second-order valence-electron chi connectivity index (χ2n) is 5.49. The number of anilines is 1. The molecule has 1 saturated carbocycles. The predicted molar refractivity (Wildman–Crippen MR) is 85.5 cm³/mol. The molecule has 1 aliphatic rings. The van der Waals surface area contributed by atoms with Gasteiger partial charge >= 0.3 is 12.0 Å². The summed E-state index contributed by atoms with van der Waals surface area (Å²) in [6.07, 6.45) is 5.29. The van der Waals surface area contributed by atoms with Crippen LogP contribution in [0.25, 0.3) is 0 Å². The number of carboxylic acids is 1. The average molecular weight is 322 g/mol. The van der Waals surface area contributed by atoms with E-state index in [4.69, 9.17) is 9.47 Å². The van der Waals surface area contributed by atoms with E-state index in [1.54, 1.807) is 0 Å². The number of nitrogens with one attached hydrogen (secondary N) is 2. The van der Waals surface area contributed by atoms with Gasteiger partial charge in [0.05, 0.1) is 25.5 Å². The molecule has 126 valence electrons. The van der Waals surface area contributed by atoms with E-state index < -0.39 is 12.0 Å². The van der Waals surface area contributed by atoms with Crippen LogP contribution in [0.2, 0.25) is 0 Å². The monoisotopic (exact) mass is 322 g/mol. The summed E-state index contributed by atoms with van der Waals surface area (Å²) in [7, 11) is 2.87. The standard InChI is InChI=1S/C16H22N2O5/c1-22-13-8-11(15(19)20)12(9-14(13)23-2)18-16(21)17-10-6-4-3-5-7-10/h8-10H,3-7H2,1-2H3,(H,19,20)(H2,17,18,21). The number of urea groups is 1. The van der Waals surface area contributed by atoms with E-state index in [0.717, 1.165) is 25.7 Å². The van der Waals surface area contributed by atoms with Crippen molar-refractivity contribution in [1.29, 1.82) is 0 Å². The molecule has 0 spiro atoms. The molecule has 7 heteroatoms. The number of hydrogen-bond donors (Lipinski definition) is 3. The zero-order chi connectivity index (χ0) is 16.8. The first-order valence-electron chi connectivity index (χ1n) is 7.62. The van der Waals surface area contributed by atoms with Crippen LogP contribution in [0.5, 0.6) is 11.5 Å². The summed E-state index contributed by atoms with van der Waals surface area (Å²) < 4.78 is 10.2. The quantitative estimate of drug-likeness (QED) is 0.774. The van der Waals surface area contributed by atoms with Gasteiger partial charge in [-0.15, -0.1) is 0 Å². The highest BCUT2D eigenvalue weighted by Crippen LogP contribution is 2.33. The van der Waals surface area contributed by atoms with Crippen LogP contribution in [-0.2, 0) is 0 Å². The van der Waals surface area contributed by atoms with Crippen LogP contribution in [0.4, 0.5) is 10.5 Å². The van der Waals surface area contributed by atoms with Crippen LogP contribution >= 0.6 is 0 Å². The number of hydrogen-bond acceptors (Lipinski definition) is 4. The summed E-state index contributed by atoms with van der Waals surface area (Å²) in [6, 6.07) is 2.50. The number of amides is 2. The molecule has 0 saturated heterocycles. The molecule has 0 atom stereocenters. The second-order valence-corrected chi connectivity index (χ2v) is 5.49.